The van der Waals surface area contributed by atoms with E-state index in [2.05, 4.69) is 4.90 Å². The Hall–Kier alpha value is -1.14. The molecule has 2 nitrogen and oxygen atoms in total. The Kier molecular flexibility index (Phi) is 4.16. The van der Waals surface area contributed by atoms with E-state index in [0.29, 0.717) is 6.54 Å². The van der Waals surface area contributed by atoms with Crippen LogP contribution in [0.25, 0.3) is 0 Å². The van der Waals surface area contributed by atoms with E-state index in [1.807, 2.05) is 4.90 Å². The van der Waals surface area contributed by atoms with Crippen molar-refractivity contribution in [2.75, 3.05) is 26.2 Å². The zero-order chi connectivity index (χ0) is 15.8. The number of hydrogen-bond acceptors (Lipinski definition) is 2. The van der Waals surface area contributed by atoms with Gasteiger partial charge in [-0.25, -0.2) is 4.39 Å². The van der Waals surface area contributed by atoms with Crippen LogP contribution < -0.4 is 0 Å². The van der Waals surface area contributed by atoms with Gasteiger partial charge in [0, 0.05) is 38.3 Å². The number of likely N-dealkylation sites (tertiary alicyclic amines) is 2. The standard InChI is InChI=1S/C16H20F4N2/c17-14-3-1-13(2-4-14)11-22-10-6-15(22)5-8-21(12-15)9-7-16(18,19)20/h1-4H,5-12H2. The van der Waals surface area contributed by atoms with Crippen LogP contribution in [0, 0.1) is 5.82 Å². The van der Waals surface area contributed by atoms with Gasteiger partial charge in [-0.05, 0) is 30.5 Å². The minimum absolute atomic E-state index is 0.0278. The van der Waals surface area contributed by atoms with E-state index in [0.717, 1.165) is 38.0 Å². The average Bonchev–Trinajstić information content (AvgIpc) is 2.89. The van der Waals surface area contributed by atoms with Crippen LogP contribution in [-0.2, 0) is 6.54 Å². The predicted octanol–water partition coefficient (Wildman–Crippen LogP) is 3.43. The quantitative estimate of drug-likeness (QED) is 0.785. The molecule has 2 heterocycles. The second kappa shape index (κ2) is 5.81. The Balaban J connectivity index is 1.55. The number of benzene rings is 1. The van der Waals surface area contributed by atoms with Crippen LogP contribution in [0.5, 0.6) is 0 Å². The lowest BCUT2D eigenvalue weighted by Crippen LogP contribution is -2.60. The maximum absolute atomic E-state index is 12.9. The third kappa shape index (κ3) is 3.43. The largest absolute Gasteiger partial charge is 0.390 e. The molecule has 2 saturated heterocycles. The summed E-state index contributed by atoms with van der Waals surface area (Å²) >= 11 is 0. The second-order valence-corrected chi connectivity index (χ2v) is 6.41. The van der Waals surface area contributed by atoms with Crippen molar-refractivity contribution in [3.8, 4) is 0 Å². The van der Waals surface area contributed by atoms with Crippen molar-refractivity contribution in [1.82, 2.24) is 9.80 Å². The van der Waals surface area contributed by atoms with Crippen molar-refractivity contribution in [3.05, 3.63) is 35.6 Å². The zero-order valence-electron chi connectivity index (χ0n) is 12.4. The molecule has 1 aromatic carbocycles. The summed E-state index contributed by atoms with van der Waals surface area (Å²) in [6.07, 6.45) is -2.85. The molecule has 6 heteroatoms. The third-order valence-electron chi connectivity index (χ3n) is 4.93. The van der Waals surface area contributed by atoms with Crippen LogP contribution in [0.2, 0.25) is 0 Å². The molecule has 0 N–H and O–H groups in total. The maximum atomic E-state index is 12.9. The van der Waals surface area contributed by atoms with Crippen molar-refractivity contribution < 1.29 is 17.6 Å². The fourth-order valence-corrected chi connectivity index (χ4v) is 3.52. The van der Waals surface area contributed by atoms with Crippen LogP contribution in [0.15, 0.2) is 24.3 Å². The average molecular weight is 316 g/mol. The summed E-state index contributed by atoms with van der Waals surface area (Å²) in [5, 5.41) is 0. The number of rotatable bonds is 4. The molecule has 2 fully saturated rings. The van der Waals surface area contributed by atoms with Crippen LogP contribution in [0.1, 0.15) is 24.8 Å². The van der Waals surface area contributed by atoms with Crippen LogP contribution in [0.3, 0.4) is 0 Å². The van der Waals surface area contributed by atoms with Gasteiger partial charge in [0.2, 0.25) is 0 Å². The summed E-state index contributed by atoms with van der Waals surface area (Å²) in [7, 11) is 0. The van der Waals surface area contributed by atoms with Gasteiger partial charge in [-0.15, -0.1) is 0 Å². The first-order valence-corrected chi connectivity index (χ1v) is 7.65. The lowest BCUT2D eigenvalue weighted by atomic mass is 9.83. The molecule has 2 aliphatic heterocycles. The Morgan fingerprint density at radius 3 is 2.32 bits per heavy atom. The van der Waals surface area contributed by atoms with Crippen molar-refractivity contribution in [1.29, 1.82) is 0 Å². The molecule has 0 saturated carbocycles. The highest BCUT2D eigenvalue weighted by Crippen LogP contribution is 2.40. The second-order valence-electron chi connectivity index (χ2n) is 6.41. The van der Waals surface area contributed by atoms with Crippen LogP contribution in [0.4, 0.5) is 17.6 Å². The molecule has 3 rings (SSSR count). The van der Waals surface area contributed by atoms with Gasteiger partial charge < -0.3 is 4.90 Å². The first-order chi connectivity index (χ1) is 10.4. The van der Waals surface area contributed by atoms with E-state index in [4.69, 9.17) is 0 Å². The van der Waals surface area contributed by atoms with E-state index < -0.39 is 12.6 Å². The highest BCUT2D eigenvalue weighted by atomic mass is 19.4. The molecule has 1 spiro atoms. The Labute approximate surface area is 127 Å². The van der Waals surface area contributed by atoms with Crippen LogP contribution in [-0.4, -0.2) is 47.7 Å². The monoisotopic (exact) mass is 316 g/mol. The van der Waals surface area contributed by atoms with Crippen LogP contribution >= 0.6 is 0 Å². The molecule has 0 aliphatic carbocycles. The van der Waals surface area contributed by atoms with E-state index in [9.17, 15) is 17.6 Å². The minimum atomic E-state index is -4.08. The SMILES string of the molecule is Fc1ccc(CN2CCC23CCN(CCC(F)(F)F)C3)cc1. The van der Waals surface area contributed by atoms with Crippen molar-refractivity contribution in [2.24, 2.45) is 0 Å². The predicted molar refractivity (Wildman–Crippen MR) is 75.9 cm³/mol. The fraction of sp³-hybridized carbons (Fsp3) is 0.625. The molecule has 1 atom stereocenters. The summed E-state index contributed by atoms with van der Waals surface area (Å²) in [5.41, 5.74) is 1.08. The van der Waals surface area contributed by atoms with Gasteiger partial charge in [-0.1, -0.05) is 12.1 Å². The van der Waals surface area contributed by atoms with Gasteiger partial charge >= 0.3 is 6.18 Å². The van der Waals surface area contributed by atoms with Crippen molar-refractivity contribution in [2.45, 2.75) is 37.5 Å². The zero-order valence-corrected chi connectivity index (χ0v) is 12.4. The molecule has 0 amide bonds. The van der Waals surface area contributed by atoms with E-state index in [1.165, 1.54) is 12.1 Å². The number of nitrogens with zero attached hydrogens (tertiary/aromatic N) is 2. The van der Waals surface area contributed by atoms with Gasteiger partial charge in [0.15, 0.2) is 0 Å². The minimum Gasteiger partial charge on any atom is -0.301 e. The molecule has 22 heavy (non-hydrogen) atoms. The molecule has 0 aromatic heterocycles. The normalized spacial score (nSPS) is 26.5. The molecule has 1 aromatic rings. The van der Waals surface area contributed by atoms with E-state index in [-0.39, 0.29) is 17.9 Å². The highest BCUT2D eigenvalue weighted by Gasteiger charge is 2.49. The number of halogens is 4. The summed E-state index contributed by atoms with van der Waals surface area (Å²) in [4.78, 5) is 4.25. The summed E-state index contributed by atoms with van der Waals surface area (Å²) in [6.45, 7) is 3.24. The highest BCUT2D eigenvalue weighted by molar-refractivity contribution is 5.18. The Morgan fingerprint density at radius 2 is 1.73 bits per heavy atom. The molecular weight excluding hydrogens is 296 g/mol. The maximum Gasteiger partial charge on any atom is 0.390 e. The summed E-state index contributed by atoms with van der Waals surface area (Å²) in [6, 6.07) is 6.45. The van der Waals surface area contributed by atoms with Gasteiger partial charge in [-0.2, -0.15) is 13.2 Å². The molecule has 2 aliphatic rings. The van der Waals surface area contributed by atoms with Gasteiger partial charge in [0.1, 0.15) is 5.82 Å². The molecular formula is C16H20F4N2. The molecule has 0 bridgehead atoms. The topological polar surface area (TPSA) is 6.48 Å². The van der Waals surface area contributed by atoms with Gasteiger partial charge in [0.25, 0.3) is 0 Å². The summed E-state index contributed by atoms with van der Waals surface area (Å²) in [5.74, 6) is -0.249. The van der Waals surface area contributed by atoms with Crippen molar-refractivity contribution >= 4 is 0 Å². The van der Waals surface area contributed by atoms with Gasteiger partial charge in [0.05, 0.1) is 6.42 Å². The molecule has 1 unspecified atom stereocenters. The lowest BCUT2D eigenvalue weighted by Gasteiger charge is -2.51. The Morgan fingerprint density at radius 1 is 1.05 bits per heavy atom. The number of hydrogen-bond donors (Lipinski definition) is 0. The first kappa shape index (κ1) is 15.7. The smallest absolute Gasteiger partial charge is 0.301 e. The van der Waals surface area contributed by atoms with Gasteiger partial charge in [-0.3, -0.25) is 4.90 Å². The fourth-order valence-electron chi connectivity index (χ4n) is 3.52. The van der Waals surface area contributed by atoms with Crippen molar-refractivity contribution in [3.63, 3.8) is 0 Å². The Bertz CT molecular complexity index is 514. The first-order valence-electron chi connectivity index (χ1n) is 7.65. The third-order valence-corrected chi connectivity index (χ3v) is 4.93. The lowest BCUT2D eigenvalue weighted by molar-refractivity contribution is -0.138. The molecule has 122 valence electrons. The molecule has 0 radical (unpaired) electrons. The number of alkyl halides is 3. The van der Waals surface area contributed by atoms with E-state index >= 15 is 0 Å². The summed E-state index contributed by atoms with van der Waals surface area (Å²) < 4.78 is 49.9. The van der Waals surface area contributed by atoms with E-state index in [1.54, 1.807) is 12.1 Å².